The molecule has 1 fully saturated rings. The van der Waals surface area contributed by atoms with E-state index in [9.17, 15) is 14.7 Å². The van der Waals surface area contributed by atoms with E-state index in [1.165, 1.54) is 0 Å². The molecular formula is C21H18N3O4+. The summed E-state index contributed by atoms with van der Waals surface area (Å²) in [5, 5.41) is 15.9. The van der Waals surface area contributed by atoms with E-state index in [2.05, 4.69) is 10.1 Å². The molecule has 0 unspecified atom stereocenters. The summed E-state index contributed by atoms with van der Waals surface area (Å²) >= 11 is 0. The number of H-pyrrole nitrogens is 1. The quantitative estimate of drug-likeness (QED) is 0.527. The molecule has 0 amide bonds. The van der Waals surface area contributed by atoms with Gasteiger partial charge in [0.1, 0.15) is 11.2 Å². The molecule has 0 atom stereocenters. The number of ketones is 1. The number of carboxylic acids is 1. The topological polar surface area (TPSA) is 96.2 Å². The smallest absolute Gasteiger partial charge is 0.358 e. The number of nitrogens with one attached hydrogen (secondary N) is 1. The first-order valence-corrected chi connectivity index (χ1v) is 9.18. The first-order chi connectivity index (χ1) is 13.6. The molecule has 2 aromatic carbocycles. The Morgan fingerprint density at radius 1 is 1.04 bits per heavy atom. The van der Waals surface area contributed by atoms with Crippen LogP contribution in [0.1, 0.15) is 23.3 Å². The molecule has 7 heteroatoms. The highest BCUT2D eigenvalue weighted by atomic mass is 16.5. The summed E-state index contributed by atoms with van der Waals surface area (Å²) in [4.78, 5) is 27.2. The first kappa shape index (κ1) is 16.7. The van der Waals surface area contributed by atoms with Gasteiger partial charge in [0.2, 0.25) is 0 Å². The lowest BCUT2D eigenvalue weighted by Crippen LogP contribution is -2.51. The summed E-state index contributed by atoms with van der Waals surface area (Å²) in [6.45, 7) is 0.884. The molecule has 2 N–H and O–H groups in total. The zero-order valence-corrected chi connectivity index (χ0v) is 15.0. The van der Waals surface area contributed by atoms with Gasteiger partial charge in [0, 0.05) is 0 Å². The van der Waals surface area contributed by atoms with Crippen LogP contribution in [0, 0.1) is 0 Å². The third kappa shape index (κ3) is 2.30. The Hall–Kier alpha value is -3.45. The Labute approximate surface area is 159 Å². The van der Waals surface area contributed by atoms with Gasteiger partial charge in [-0.05, 0) is 29.4 Å². The van der Waals surface area contributed by atoms with Crippen LogP contribution >= 0.6 is 0 Å². The summed E-state index contributed by atoms with van der Waals surface area (Å²) in [7, 11) is 0. The number of fused-ring (bicyclic) bond motifs is 2. The van der Waals surface area contributed by atoms with E-state index >= 15 is 0 Å². The zero-order chi connectivity index (χ0) is 19.3. The molecular weight excluding hydrogens is 358 g/mol. The lowest BCUT2D eigenvalue weighted by Gasteiger charge is -2.37. The largest absolute Gasteiger partial charge is 0.476 e. The van der Waals surface area contributed by atoms with Gasteiger partial charge in [0.05, 0.1) is 36.8 Å². The molecule has 1 aliphatic rings. The van der Waals surface area contributed by atoms with Crippen molar-refractivity contribution in [1.29, 1.82) is 0 Å². The van der Waals surface area contributed by atoms with Crippen molar-refractivity contribution in [3.8, 4) is 0 Å². The number of hydrogen-bond acceptors (Lipinski definition) is 4. The highest BCUT2D eigenvalue weighted by Gasteiger charge is 2.46. The maximum Gasteiger partial charge on any atom is 0.358 e. The van der Waals surface area contributed by atoms with Gasteiger partial charge in [0.15, 0.2) is 17.0 Å². The molecule has 28 heavy (non-hydrogen) atoms. The SMILES string of the molecule is O=C1CC[N+](c2c(C(=O)O)[nH]c3ccccc23)(c2noc3ccccc23)CC1. The Morgan fingerprint density at radius 3 is 2.46 bits per heavy atom. The second-order valence-corrected chi connectivity index (χ2v) is 7.16. The molecule has 140 valence electrons. The fraction of sp³-hybridized carbons (Fsp3) is 0.190. The first-order valence-electron chi connectivity index (χ1n) is 9.18. The number of Topliss-reactive ketones (excluding diaryl/α,β-unsaturated/α-hetero) is 1. The van der Waals surface area contributed by atoms with E-state index in [1.54, 1.807) is 0 Å². The van der Waals surface area contributed by atoms with Gasteiger partial charge in [0.25, 0.3) is 5.82 Å². The number of para-hydroxylation sites is 2. The average Bonchev–Trinajstić information content (AvgIpc) is 3.31. The number of carbonyl (C=O) groups is 2. The normalized spacial score (nSPS) is 16.6. The maximum absolute atomic E-state index is 12.1. The fourth-order valence-corrected chi connectivity index (χ4v) is 4.32. The van der Waals surface area contributed by atoms with Crippen LogP contribution in [0.4, 0.5) is 11.5 Å². The van der Waals surface area contributed by atoms with Crippen LogP contribution in [0.15, 0.2) is 53.1 Å². The van der Waals surface area contributed by atoms with Crippen molar-refractivity contribution >= 4 is 45.1 Å². The number of aromatic carboxylic acids is 1. The minimum Gasteiger partial charge on any atom is -0.476 e. The van der Waals surface area contributed by atoms with E-state index in [0.717, 1.165) is 16.3 Å². The van der Waals surface area contributed by atoms with Crippen LogP contribution in [0.3, 0.4) is 0 Å². The van der Waals surface area contributed by atoms with Crippen molar-refractivity contribution < 1.29 is 19.2 Å². The van der Waals surface area contributed by atoms with E-state index in [0.29, 0.717) is 43.0 Å². The lowest BCUT2D eigenvalue weighted by atomic mass is 10.0. The summed E-state index contributed by atoms with van der Waals surface area (Å²) in [5.41, 5.74) is 2.15. The van der Waals surface area contributed by atoms with Gasteiger partial charge < -0.3 is 14.6 Å². The highest BCUT2D eigenvalue weighted by molar-refractivity contribution is 6.07. The number of carbonyl (C=O) groups excluding carboxylic acids is 1. The standard InChI is InChI=1S/C21H17N3O4/c25-13-9-11-24(12-10-13,20-15-6-2-4-8-17(15)28-23-20)19-14-5-1-3-7-16(14)22-18(19)21(26)27/h1-8,22H,9-12H2/p+1. The number of aromatic amines is 1. The number of quaternary nitrogens is 1. The minimum absolute atomic E-state index is 0.127. The highest BCUT2D eigenvalue weighted by Crippen LogP contribution is 2.46. The lowest BCUT2D eigenvalue weighted by molar-refractivity contribution is -0.120. The summed E-state index contributed by atoms with van der Waals surface area (Å²) in [6, 6.07) is 15.1. The van der Waals surface area contributed by atoms with Gasteiger partial charge >= 0.3 is 5.97 Å². The van der Waals surface area contributed by atoms with Crippen molar-refractivity contribution in [3.63, 3.8) is 0 Å². The van der Waals surface area contributed by atoms with Crippen LogP contribution in [0.2, 0.25) is 0 Å². The van der Waals surface area contributed by atoms with Crippen LogP contribution < -0.4 is 4.48 Å². The molecule has 7 nitrogen and oxygen atoms in total. The predicted molar refractivity (Wildman–Crippen MR) is 105 cm³/mol. The van der Waals surface area contributed by atoms with Crippen molar-refractivity contribution in [1.82, 2.24) is 14.6 Å². The average molecular weight is 376 g/mol. The van der Waals surface area contributed by atoms with E-state index in [-0.39, 0.29) is 16.0 Å². The fourth-order valence-electron chi connectivity index (χ4n) is 4.32. The molecule has 1 aliphatic heterocycles. The van der Waals surface area contributed by atoms with Gasteiger partial charge in [-0.2, -0.15) is 0 Å². The van der Waals surface area contributed by atoms with Crippen molar-refractivity contribution in [2.75, 3.05) is 13.1 Å². The number of carboxylic acid groups (broad SMARTS) is 1. The molecule has 4 aromatic rings. The van der Waals surface area contributed by atoms with E-state index in [4.69, 9.17) is 4.52 Å². The number of rotatable bonds is 3. The van der Waals surface area contributed by atoms with Crippen molar-refractivity contribution in [3.05, 3.63) is 54.2 Å². The van der Waals surface area contributed by atoms with Crippen molar-refractivity contribution in [2.24, 2.45) is 0 Å². The monoisotopic (exact) mass is 376 g/mol. The number of aromatic nitrogens is 2. The van der Waals surface area contributed by atoms with Crippen LogP contribution in [-0.4, -0.2) is 40.1 Å². The number of piperidine rings is 1. The molecule has 0 aliphatic carbocycles. The number of benzene rings is 2. The summed E-state index contributed by atoms with van der Waals surface area (Å²) < 4.78 is 5.73. The van der Waals surface area contributed by atoms with Crippen LogP contribution in [-0.2, 0) is 4.79 Å². The predicted octanol–water partition coefficient (Wildman–Crippen LogP) is 4.01. The van der Waals surface area contributed by atoms with E-state index < -0.39 is 5.97 Å². The second kappa shape index (κ2) is 6.03. The molecule has 0 radical (unpaired) electrons. The molecule has 2 aromatic heterocycles. The van der Waals surface area contributed by atoms with Gasteiger partial charge in [-0.25, -0.2) is 9.28 Å². The zero-order valence-electron chi connectivity index (χ0n) is 15.0. The molecule has 1 saturated heterocycles. The van der Waals surface area contributed by atoms with E-state index in [1.807, 2.05) is 48.5 Å². The molecule has 0 spiro atoms. The molecule has 5 rings (SSSR count). The Balaban J connectivity index is 1.87. The summed E-state index contributed by atoms with van der Waals surface area (Å²) in [5.74, 6) is -0.206. The Kier molecular flexibility index (Phi) is 3.60. The van der Waals surface area contributed by atoms with Gasteiger partial charge in [-0.1, -0.05) is 24.3 Å². The minimum atomic E-state index is -1.03. The molecule has 3 heterocycles. The molecule has 0 saturated carbocycles. The van der Waals surface area contributed by atoms with Crippen LogP contribution in [0.25, 0.3) is 21.9 Å². The molecule has 0 bridgehead atoms. The van der Waals surface area contributed by atoms with Gasteiger partial charge in [-0.3, -0.25) is 4.79 Å². The Bertz CT molecular complexity index is 1230. The third-order valence-electron chi connectivity index (χ3n) is 5.63. The van der Waals surface area contributed by atoms with Gasteiger partial charge in [-0.15, -0.1) is 0 Å². The maximum atomic E-state index is 12.1. The number of hydrogen-bond donors (Lipinski definition) is 2. The third-order valence-corrected chi connectivity index (χ3v) is 5.63. The summed E-state index contributed by atoms with van der Waals surface area (Å²) in [6.07, 6.45) is 0.722. The number of nitrogens with zero attached hydrogens (tertiary/aromatic N) is 2. The second-order valence-electron chi connectivity index (χ2n) is 7.16. The van der Waals surface area contributed by atoms with Crippen LogP contribution in [0.5, 0.6) is 0 Å². The Morgan fingerprint density at radius 2 is 1.71 bits per heavy atom. The van der Waals surface area contributed by atoms with Crippen molar-refractivity contribution in [2.45, 2.75) is 12.8 Å².